The maximum absolute atomic E-state index is 13.8. The third-order valence-electron chi connectivity index (χ3n) is 8.49. The number of carbonyl (C=O) groups is 1. The summed E-state index contributed by atoms with van der Waals surface area (Å²) in [5, 5.41) is 0. The number of fused-ring (bicyclic) bond motifs is 3. The number of nitrogens with zero attached hydrogens (tertiary/aromatic N) is 2. The van der Waals surface area contributed by atoms with E-state index in [9.17, 15) is 4.79 Å². The Morgan fingerprint density at radius 2 is 1.57 bits per heavy atom. The molecule has 0 N–H and O–H groups in total. The second-order valence-electron chi connectivity index (χ2n) is 11.3. The van der Waals surface area contributed by atoms with Crippen LogP contribution >= 0.6 is 0 Å². The van der Waals surface area contributed by atoms with Crippen LogP contribution in [0.2, 0.25) is 0 Å². The van der Waals surface area contributed by atoms with Gasteiger partial charge in [0.15, 0.2) is 0 Å². The van der Waals surface area contributed by atoms with Crippen LogP contribution in [-0.4, -0.2) is 23.5 Å². The number of hydrogen-bond donors (Lipinski definition) is 0. The topological polar surface area (TPSA) is 23.6 Å². The molecule has 0 saturated carbocycles. The predicted molar refractivity (Wildman–Crippen MR) is 154 cm³/mol. The molecule has 5 rings (SSSR count). The van der Waals surface area contributed by atoms with Gasteiger partial charge in [-0.1, -0.05) is 110 Å². The van der Waals surface area contributed by atoms with Crippen molar-refractivity contribution in [2.75, 3.05) is 11.4 Å². The molecule has 0 bridgehead atoms. The van der Waals surface area contributed by atoms with Crippen LogP contribution in [-0.2, 0) is 23.2 Å². The van der Waals surface area contributed by atoms with Crippen LogP contribution in [0.4, 0.5) is 5.69 Å². The van der Waals surface area contributed by atoms with E-state index in [-0.39, 0.29) is 11.6 Å². The Labute approximate surface area is 223 Å². The van der Waals surface area contributed by atoms with Gasteiger partial charge in [0.2, 0.25) is 5.91 Å². The number of likely N-dealkylation sites (tertiary alicyclic amines) is 1. The van der Waals surface area contributed by atoms with Gasteiger partial charge >= 0.3 is 0 Å². The molecule has 0 aliphatic carbocycles. The number of unbranched alkanes of at least 4 members (excludes halogenated alkanes) is 4. The van der Waals surface area contributed by atoms with Crippen molar-refractivity contribution in [2.45, 2.75) is 90.3 Å². The largest absolute Gasteiger partial charge is 0.346 e. The quantitative estimate of drug-likeness (QED) is 0.269. The summed E-state index contributed by atoms with van der Waals surface area (Å²) in [5.41, 5.74) is 7.86. The van der Waals surface area contributed by atoms with Gasteiger partial charge in [-0.3, -0.25) is 4.79 Å². The zero-order valence-electron chi connectivity index (χ0n) is 22.9. The number of amides is 1. The first-order valence-corrected chi connectivity index (χ1v) is 14.3. The molecule has 0 radical (unpaired) electrons. The fourth-order valence-electron chi connectivity index (χ4n) is 6.81. The molecule has 37 heavy (non-hydrogen) atoms. The maximum atomic E-state index is 13.8. The number of benzene rings is 3. The van der Waals surface area contributed by atoms with E-state index >= 15 is 0 Å². The van der Waals surface area contributed by atoms with Crippen LogP contribution < -0.4 is 4.90 Å². The average molecular weight is 495 g/mol. The molecule has 3 nitrogen and oxygen atoms in total. The van der Waals surface area contributed by atoms with Crippen molar-refractivity contribution < 1.29 is 4.79 Å². The Kier molecular flexibility index (Phi) is 7.69. The standard InChI is InChI=1S/C34H42N2O/c1-4-5-6-7-8-19-32(37)35-21-20-34(24-28-15-11-13-26(2)22-28)30-17-9-10-18-31(30)36(33(34)35)25-29-16-12-14-27(3)23-29/h9-18,22-23,33H,4-8,19-21,24-25H2,1-3H3. The van der Waals surface area contributed by atoms with E-state index in [0.717, 1.165) is 38.8 Å². The lowest BCUT2D eigenvalue weighted by atomic mass is 9.74. The highest BCUT2D eigenvalue weighted by molar-refractivity contribution is 5.80. The van der Waals surface area contributed by atoms with Gasteiger partial charge in [0.05, 0.1) is 0 Å². The lowest BCUT2D eigenvalue weighted by Crippen LogP contribution is -2.52. The molecule has 1 fully saturated rings. The molecule has 0 spiro atoms. The molecule has 2 aliphatic heterocycles. The van der Waals surface area contributed by atoms with Gasteiger partial charge in [-0.15, -0.1) is 0 Å². The van der Waals surface area contributed by atoms with Crippen LogP contribution in [0.5, 0.6) is 0 Å². The van der Waals surface area contributed by atoms with Gasteiger partial charge in [-0.05, 0) is 55.9 Å². The van der Waals surface area contributed by atoms with Crippen molar-refractivity contribution in [1.29, 1.82) is 0 Å². The molecule has 0 aromatic heterocycles. The van der Waals surface area contributed by atoms with Gasteiger partial charge in [-0.2, -0.15) is 0 Å². The minimum Gasteiger partial charge on any atom is -0.346 e. The molecule has 2 atom stereocenters. The van der Waals surface area contributed by atoms with Crippen molar-refractivity contribution in [2.24, 2.45) is 0 Å². The highest BCUT2D eigenvalue weighted by atomic mass is 16.2. The molecule has 1 saturated heterocycles. The van der Waals surface area contributed by atoms with Crippen molar-refractivity contribution in [1.82, 2.24) is 4.90 Å². The number of para-hydroxylation sites is 1. The second kappa shape index (κ2) is 11.1. The number of hydrogen-bond acceptors (Lipinski definition) is 2. The van der Waals surface area contributed by atoms with Crippen molar-refractivity contribution >= 4 is 11.6 Å². The fraction of sp³-hybridized carbons (Fsp3) is 0.441. The van der Waals surface area contributed by atoms with Crippen LogP contribution in [0.1, 0.15) is 79.7 Å². The first kappa shape index (κ1) is 25.6. The Morgan fingerprint density at radius 3 is 2.32 bits per heavy atom. The monoisotopic (exact) mass is 494 g/mol. The number of carbonyl (C=O) groups excluding carboxylic acids is 1. The predicted octanol–water partition coefficient (Wildman–Crippen LogP) is 7.72. The summed E-state index contributed by atoms with van der Waals surface area (Å²) in [5.74, 6) is 0.328. The first-order valence-electron chi connectivity index (χ1n) is 14.3. The summed E-state index contributed by atoms with van der Waals surface area (Å²) in [7, 11) is 0. The highest BCUT2D eigenvalue weighted by Gasteiger charge is 2.57. The summed E-state index contributed by atoms with van der Waals surface area (Å²) in [6.45, 7) is 8.23. The molecular formula is C34H42N2O. The zero-order chi connectivity index (χ0) is 25.8. The summed E-state index contributed by atoms with van der Waals surface area (Å²) >= 11 is 0. The first-order chi connectivity index (χ1) is 18.0. The summed E-state index contributed by atoms with van der Waals surface area (Å²) in [4.78, 5) is 18.6. The number of rotatable bonds is 10. The normalized spacial score (nSPS) is 20.2. The Balaban J connectivity index is 1.51. The van der Waals surface area contributed by atoms with Gasteiger partial charge < -0.3 is 9.80 Å². The van der Waals surface area contributed by atoms with Crippen LogP contribution in [0, 0.1) is 13.8 Å². The Bertz CT molecular complexity index is 1230. The van der Waals surface area contributed by atoms with E-state index in [1.165, 1.54) is 52.8 Å². The molecule has 3 heteroatoms. The van der Waals surface area contributed by atoms with Crippen molar-refractivity contribution in [3.8, 4) is 0 Å². The third kappa shape index (κ3) is 5.19. The van der Waals surface area contributed by atoms with Crippen molar-refractivity contribution in [3.05, 3.63) is 101 Å². The molecular weight excluding hydrogens is 452 g/mol. The molecule has 3 aromatic carbocycles. The molecule has 2 heterocycles. The smallest absolute Gasteiger partial charge is 0.224 e. The van der Waals surface area contributed by atoms with E-state index < -0.39 is 0 Å². The lowest BCUT2D eigenvalue weighted by molar-refractivity contribution is -0.132. The van der Waals surface area contributed by atoms with Crippen LogP contribution in [0.25, 0.3) is 0 Å². The van der Waals surface area contributed by atoms with E-state index in [1.54, 1.807) is 0 Å². The summed E-state index contributed by atoms with van der Waals surface area (Å²) in [6.07, 6.45) is 8.56. The molecule has 2 aliphatic rings. The highest BCUT2D eigenvalue weighted by Crippen LogP contribution is 2.54. The SMILES string of the molecule is CCCCCCCC(=O)N1CCC2(Cc3cccc(C)c3)c3ccccc3N(Cc3cccc(C)c3)C12. The Hall–Kier alpha value is -3.07. The number of aryl methyl sites for hydroxylation is 2. The minimum atomic E-state index is -0.0912. The maximum Gasteiger partial charge on any atom is 0.224 e. The van der Waals surface area contributed by atoms with E-state index in [2.05, 4.69) is 103 Å². The van der Waals surface area contributed by atoms with Crippen molar-refractivity contribution in [3.63, 3.8) is 0 Å². The molecule has 2 unspecified atom stereocenters. The summed E-state index contributed by atoms with van der Waals surface area (Å²) < 4.78 is 0. The van der Waals surface area contributed by atoms with E-state index in [1.807, 2.05) is 0 Å². The molecule has 194 valence electrons. The minimum absolute atomic E-state index is 0.0501. The fourth-order valence-corrected chi connectivity index (χ4v) is 6.81. The van der Waals surface area contributed by atoms with Gasteiger partial charge in [0.25, 0.3) is 0 Å². The second-order valence-corrected chi connectivity index (χ2v) is 11.3. The third-order valence-corrected chi connectivity index (χ3v) is 8.49. The Morgan fingerprint density at radius 1 is 0.865 bits per heavy atom. The van der Waals surface area contributed by atoms with Gasteiger partial charge in [0.1, 0.15) is 6.17 Å². The number of anilines is 1. The summed E-state index contributed by atoms with van der Waals surface area (Å²) in [6, 6.07) is 26.7. The zero-order valence-corrected chi connectivity index (χ0v) is 22.9. The molecule has 3 aromatic rings. The van der Waals surface area contributed by atoms with E-state index in [0.29, 0.717) is 12.3 Å². The lowest BCUT2D eigenvalue weighted by Gasteiger charge is -2.39. The van der Waals surface area contributed by atoms with Gasteiger partial charge in [-0.25, -0.2) is 0 Å². The van der Waals surface area contributed by atoms with Gasteiger partial charge in [0, 0.05) is 30.6 Å². The van der Waals surface area contributed by atoms with Crippen LogP contribution in [0.3, 0.4) is 0 Å². The molecule has 1 amide bonds. The van der Waals surface area contributed by atoms with Crippen LogP contribution in [0.15, 0.2) is 72.8 Å². The average Bonchev–Trinajstić information content (AvgIpc) is 3.38. The van der Waals surface area contributed by atoms with E-state index in [4.69, 9.17) is 0 Å².